The molecular weight excluding hydrogens is 276 g/mol. The molecule has 0 aliphatic carbocycles. The van der Waals surface area contributed by atoms with Crippen LogP contribution in [0, 0.1) is 6.92 Å². The monoisotopic (exact) mass is 294 g/mol. The number of pyridine rings is 1. The molecule has 4 nitrogen and oxygen atoms in total. The van der Waals surface area contributed by atoms with Crippen molar-refractivity contribution in [1.82, 2.24) is 9.55 Å². The van der Waals surface area contributed by atoms with Crippen LogP contribution in [-0.2, 0) is 18.3 Å². The molecule has 0 saturated heterocycles. The topological polar surface area (TPSA) is 55.1 Å². The molecule has 1 N–H and O–H groups in total. The molecule has 2 aromatic heterocycles. The number of rotatable bonds is 4. The molecule has 22 heavy (non-hydrogen) atoms. The second-order valence-electron chi connectivity index (χ2n) is 5.48. The van der Waals surface area contributed by atoms with Crippen LogP contribution in [0.4, 0.5) is 0 Å². The zero-order valence-electron chi connectivity index (χ0n) is 12.7. The number of carboxylic acid groups (broad SMARTS) is 1. The first kappa shape index (κ1) is 14.3. The van der Waals surface area contributed by atoms with Crippen molar-refractivity contribution < 1.29 is 9.90 Å². The number of hydrogen-bond donors (Lipinski definition) is 1. The van der Waals surface area contributed by atoms with Crippen LogP contribution in [0.1, 0.15) is 17.7 Å². The number of benzene rings is 1. The second-order valence-corrected chi connectivity index (χ2v) is 5.48. The van der Waals surface area contributed by atoms with Crippen LogP contribution in [0.2, 0.25) is 0 Å². The standard InChI is InChI=1S/C18H18N2O2/c1-12-15(5-6-18(21)22)16-4-3-14(11-17(16)20(12)2)13-7-9-19-10-8-13/h3-4,7-11H,5-6H2,1-2H3,(H,21,22). The summed E-state index contributed by atoms with van der Waals surface area (Å²) in [6.07, 6.45) is 4.29. The summed E-state index contributed by atoms with van der Waals surface area (Å²) in [5.41, 5.74) is 5.65. The molecule has 0 fully saturated rings. The van der Waals surface area contributed by atoms with Crippen LogP contribution < -0.4 is 0 Å². The molecule has 0 radical (unpaired) electrons. The second kappa shape index (κ2) is 5.64. The van der Waals surface area contributed by atoms with E-state index in [1.165, 1.54) is 0 Å². The number of aliphatic carboxylic acids is 1. The van der Waals surface area contributed by atoms with Gasteiger partial charge in [0.15, 0.2) is 0 Å². The van der Waals surface area contributed by atoms with E-state index in [2.05, 4.69) is 27.8 Å². The number of carboxylic acids is 1. The van der Waals surface area contributed by atoms with E-state index in [9.17, 15) is 4.79 Å². The lowest BCUT2D eigenvalue weighted by molar-refractivity contribution is -0.136. The van der Waals surface area contributed by atoms with Gasteiger partial charge in [0, 0.05) is 42.5 Å². The van der Waals surface area contributed by atoms with E-state index in [0.29, 0.717) is 6.42 Å². The predicted molar refractivity (Wildman–Crippen MR) is 86.8 cm³/mol. The van der Waals surface area contributed by atoms with E-state index in [1.54, 1.807) is 12.4 Å². The Kier molecular flexibility index (Phi) is 3.67. The van der Waals surface area contributed by atoms with Gasteiger partial charge in [-0.1, -0.05) is 12.1 Å². The average molecular weight is 294 g/mol. The first-order valence-corrected chi connectivity index (χ1v) is 7.28. The van der Waals surface area contributed by atoms with E-state index in [0.717, 1.165) is 33.3 Å². The minimum absolute atomic E-state index is 0.159. The van der Waals surface area contributed by atoms with E-state index >= 15 is 0 Å². The Morgan fingerprint density at radius 1 is 1.18 bits per heavy atom. The molecule has 0 spiro atoms. The molecular formula is C18H18N2O2. The summed E-state index contributed by atoms with van der Waals surface area (Å²) in [4.78, 5) is 14.9. The third-order valence-electron chi connectivity index (χ3n) is 4.23. The molecule has 0 amide bonds. The molecule has 4 heteroatoms. The Hall–Kier alpha value is -2.62. The maximum absolute atomic E-state index is 10.9. The van der Waals surface area contributed by atoms with Crippen molar-refractivity contribution in [3.05, 3.63) is 54.0 Å². The molecule has 112 valence electrons. The van der Waals surface area contributed by atoms with Crippen LogP contribution in [0.3, 0.4) is 0 Å². The minimum Gasteiger partial charge on any atom is -0.481 e. The highest BCUT2D eigenvalue weighted by atomic mass is 16.4. The van der Waals surface area contributed by atoms with E-state index in [4.69, 9.17) is 5.11 Å². The molecule has 0 aliphatic rings. The average Bonchev–Trinajstić information content (AvgIpc) is 2.77. The van der Waals surface area contributed by atoms with Gasteiger partial charge in [0.1, 0.15) is 0 Å². The molecule has 0 atom stereocenters. The van der Waals surface area contributed by atoms with Crippen molar-refractivity contribution in [2.24, 2.45) is 7.05 Å². The molecule has 0 unspecified atom stereocenters. The van der Waals surface area contributed by atoms with Gasteiger partial charge in [-0.15, -0.1) is 0 Å². The van der Waals surface area contributed by atoms with Crippen molar-refractivity contribution in [1.29, 1.82) is 0 Å². The Bertz CT molecular complexity index is 835. The summed E-state index contributed by atoms with van der Waals surface area (Å²) in [6, 6.07) is 10.3. The Labute approximate surface area is 129 Å². The fourth-order valence-corrected chi connectivity index (χ4v) is 2.91. The zero-order chi connectivity index (χ0) is 15.7. The van der Waals surface area contributed by atoms with Crippen LogP contribution in [0.25, 0.3) is 22.0 Å². The molecule has 2 heterocycles. The van der Waals surface area contributed by atoms with Gasteiger partial charge in [0.25, 0.3) is 0 Å². The third-order valence-corrected chi connectivity index (χ3v) is 4.23. The van der Waals surface area contributed by atoms with E-state index in [-0.39, 0.29) is 6.42 Å². The van der Waals surface area contributed by atoms with Crippen LogP contribution in [0.5, 0.6) is 0 Å². The van der Waals surface area contributed by atoms with Gasteiger partial charge in [-0.3, -0.25) is 9.78 Å². The quantitative estimate of drug-likeness (QED) is 0.800. The molecule has 0 aliphatic heterocycles. The molecule has 3 aromatic rings. The Morgan fingerprint density at radius 2 is 1.91 bits per heavy atom. The van der Waals surface area contributed by atoms with Crippen LogP contribution in [0.15, 0.2) is 42.7 Å². The van der Waals surface area contributed by atoms with Crippen molar-refractivity contribution in [2.45, 2.75) is 19.8 Å². The van der Waals surface area contributed by atoms with E-state index in [1.807, 2.05) is 26.1 Å². The number of aryl methyl sites for hydroxylation is 2. The zero-order valence-corrected chi connectivity index (χ0v) is 12.7. The molecule has 0 bridgehead atoms. The summed E-state index contributed by atoms with van der Waals surface area (Å²) >= 11 is 0. The van der Waals surface area contributed by atoms with Crippen LogP contribution in [-0.4, -0.2) is 20.6 Å². The van der Waals surface area contributed by atoms with Gasteiger partial charge < -0.3 is 9.67 Å². The maximum Gasteiger partial charge on any atom is 0.303 e. The summed E-state index contributed by atoms with van der Waals surface area (Å²) < 4.78 is 2.14. The number of fused-ring (bicyclic) bond motifs is 1. The van der Waals surface area contributed by atoms with Gasteiger partial charge in [-0.25, -0.2) is 0 Å². The first-order valence-electron chi connectivity index (χ1n) is 7.28. The maximum atomic E-state index is 10.9. The van der Waals surface area contributed by atoms with Gasteiger partial charge >= 0.3 is 5.97 Å². The smallest absolute Gasteiger partial charge is 0.303 e. The number of nitrogens with zero attached hydrogens (tertiary/aromatic N) is 2. The van der Waals surface area contributed by atoms with Crippen molar-refractivity contribution in [3.8, 4) is 11.1 Å². The molecule has 3 rings (SSSR count). The largest absolute Gasteiger partial charge is 0.481 e. The van der Waals surface area contributed by atoms with Gasteiger partial charge in [0.05, 0.1) is 0 Å². The third kappa shape index (κ3) is 2.48. The number of hydrogen-bond acceptors (Lipinski definition) is 2. The number of aromatic nitrogens is 2. The summed E-state index contributed by atoms with van der Waals surface area (Å²) in [5, 5.41) is 10.1. The fourth-order valence-electron chi connectivity index (χ4n) is 2.91. The van der Waals surface area contributed by atoms with Gasteiger partial charge in [-0.2, -0.15) is 0 Å². The molecule has 1 aromatic carbocycles. The van der Waals surface area contributed by atoms with Crippen molar-refractivity contribution >= 4 is 16.9 Å². The Balaban J connectivity index is 2.10. The van der Waals surface area contributed by atoms with Gasteiger partial charge in [-0.05, 0) is 48.2 Å². The minimum atomic E-state index is -0.759. The lowest BCUT2D eigenvalue weighted by Crippen LogP contribution is -1.99. The predicted octanol–water partition coefficient (Wildman–Crippen LogP) is 3.57. The Morgan fingerprint density at radius 3 is 2.59 bits per heavy atom. The number of carbonyl (C=O) groups is 1. The first-order chi connectivity index (χ1) is 10.6. The van der Waals surface area contributed by atoms with E-state index < -0.39 is 5.97 Å². The highest BCUT2D eigenvalue weighted by Crippen LogP contribution is 2.30. The van der Waals surface area contributed by atoms with Crippen molar-refractivity contribution in [2.75, 3.05) is 0 Å². The normalized spacial score (nSPS) is 11.0. The lowest BCUT2D eigenvalue weighted by atomic mass is 10.0. The summed E-state index contributed by atoms with van der Waals surface area (Å²) in [5.74, 6) is -0.759. The van der Waals surface area contributed by atoms with Crippen LogP contribution >= 0.6 is 0 Å². The SMILES string of the molecule is Cc1c(CCC(=O)O)c2ccc(-c3ccncc3)cc2n1C. The van der Waals surface area contributed by atoms with Gasteiger partial charge in [0.2, 0.25) is 0 Å². The highest BCUT2D eigenvalue weighted by Gasteiger charge is 2.13. The summed E-state index contributed by atoms with van der Waals surface area (Å²) in [6.45, 7) is 2.04. The molecule has 0 saturated carbocycles. The fraction of sp³-hybridized carbons (Fsp3) is 0.222. The summed E-state index contributed by atoms with van der Waals surface area (Å²) in [7, 11) is 2.03. The van der Waals surface area contributed by atoms with Crippen molar-refractivity contribution in [3.63, 3.8) is 0 Å². The highest BCUT2D eigenvalue weighted by molar-refractivity contribution is 5.89. The lowest BCUT2D eigenvalue weighted by Gasteiger charge is -2.03.